The minimum absolute atomic E-state index is 0.0986. The lowest BCUT2D eigenvalue weighted by Crippen LogP contribution is -2.07. The highest BCUT2D eigenvalue weighted by molar-refractivity contribution is 8.00. The normalized spacial score (nSPS) is 11.7. The molecule has 18 heavy (non-hydrogen) atoms. The predicted octanol–water partition coefficient (Wildman–Crippen LogP) is 3.82. The number of benzene rings is 1. The molecule has 0 atom stereocenters. The number of hydrogen-bond donors (Lipinski definition) is 1. The predicted molar refractivity (Wildman–Crippen MR) is 74.3 cm³/mol. The third-order valence-electron chi connectivity index (χ3n) is 2.34. The first-order valence-electron chi connectivity index (χ1n) is 5.68. The number of carbonyl (C=O) groups is 1. The van der Waals surface area contributed by atoms with Gasteiger partial charge in [-0.3, -0.25) is 4.98 Å². The fraction of sp³-hybridized carbons (Fsp3) is 0.286. The Hall–Kier alpha value is -1.55. The van der Waals surface area contributed by atoms with E-state index < -0.39 is 5.97 Å². The van der Waals surface area contributed by atoms with Crippen molar-refractivity contribution in [3.8, 4) is 0 Å². The monoisotopic (exact) mass is 261 g/mol. The zero-order valence-corrected chi connectivity index (χ0v) is 11.4. The van der Waals surface area contributed by atoms with Crippen LogP contribution in [0.2, 0.25) is 0 Å². The Labute approximate surface area is 110 Å². The molecule has 0 fully saturated rings. The van der Waals surface area contributed by atoms with E-state index in [9.17, 15) is 4.79 Å². The molecule has 0 aliphatic carbocycles. The van der Waals surface area contributed by atoms with Crippen LogP contribution in [0.15, 0.2) is 35.4 Å². The van der Waals surface area contributed by atoms with E-state index in [1.54, 1.807) is 17.8 Å². The molecule has 0 aliphatic rings. The van der Waals surface area contributed by atoms with E-state index in [0.29, 0.717) is 0 Å². The second kappa shape index (κ2) is 4.61. The average Bonchev–Trinajstić information content (AvgIpc) is 2.26. The van der Waals surface area contributed by atoms with Gasteiger partial charge in [0.1, 0.15) is 0 Å². The van der Waals surface area contributed by atoms with E-state index in [2.05, 4.69) is 25.8 Å². The molecular weight excluding hydrogens is 246 g/mol. The van der Waals surface area contributed by atoms with Crippen LogP contribution in [0.3, 0.4) is 0 Å². The van der Waals surface area contributed by atoms with E-state index in [4.69, 9.17) is 5.11 Å². The van der Waals surface area contributed by atoms with Crippen LogP contribution in [-0.4, -0.2) is 20.8 Å². The second-order valence-electron chi connectivity index (χ2n) is 5.07. The number of nitrogens with zero attached hydrogens (tertiary/aromatic N) is 1. The van der Waals surface area contributed by atoms with Crippen LogP contribution in [0.1, 0.15) is 31.1 Å². The molecular formula is C14H15NO2S. The van der Waals surface area contributed by atoms with E-state index in [1.807, 2.05) is 18.2 Å². The molecule has 0 spiro atoms. The van der Waals surface area contributed by atoms with Crippen molar-refractivity contribution in [3.63, 3.8) is 0 Å². The van der Waals surface area contributed by atoms with Crippen LogP contribution >= 0.6 is 11.8 Å². The quantitative estimate of drug-likeness (QED) is 0.835. The summed E-state index contributed by atoms with van der Waals surface area (Å²) in [6, 6.07) is 7.51. The Kier molecular flexibility index (Phi) is 3.30. The highest BCUT2D eigenvalue weighted by Gasteiger charge is 2.15. The lowest BCUT2D eigenvalue weighted by Gasteiger charge is -2.18. The first kappa shape index (κ1) is 12.9. The van der Waals surface area contributed by atoms with Crippen molar-refractivity contribution in [2.24, 2.45) is 0 Å². The molecule has 2 rings (SSSR count). The molecule has 0 amide bonds. The maximum Gasteiger partial charge on any atom is 0.337 e. The van der Waals surface area contributed by atoms with Crippen molar-refractivity contribution in [1.29, 1.82) is 0 Å². The maximum absolute atomic E-state index is 10.9. The van der Waals surface area contributed by atoms with Gasteiger partial charge in [-0.2, -0.15) is 0 Å². The zero-order valence-electron chi connectivity index (χ0n) is 10.6. The highest BCUT2D eigenvalue weighted by atomic mass is 32.2. The summed E-state index contributed by atoms with van der Waals surface area (Å²) in [5.41, 5.74) is 1.09. The van der Waals surface area contributed by atoms with Gasteiger partial charge >= 0.3 is 5.97 Å². The number of pyridine rings is 1. The largest absolute Gasteiger partial charge is 0.478 e. The van der Waals surface area contributed by atoms with Gasteiger partial charge in [0, 0.05) is 21.2 Å². The standard InChI is InChI=1S/C14H15NO2S/c1-14(2,3)18-11-6-4-5-9-7-10(13(16)17)8-15-12(9)11/h4-8H,1-3H3,(H,16,17). The molecule has 1 heterocycles. The van der Waals surface area contributed by atoms with Crippen molar-refractivity contribution >= 4 is 28.6 Å². The molecule has 0 bridgehead atoms. The minimum atomic E-state index is -0.946. The first-order chi connectivity index (χ1) is 8.37. The van der Waals surface area contributed by atoms with Crippen LogP contribution < -0.4 is 0 Å². The highest BCUT2D eigenvalue weighted by Crippen LogP contribution is 2.35. The molecule has 0 saturated heterocycles. The number of carboxylic acids is 1. The second-order valence-corrected chi connectivity index (χ2v) is 6.94. The van der Waals surface area contributed by atoms with Crippen LogP contribution in [0.5, 0.6) is 0 Å². The number of para-hydroxylation sites is 1. The summed E-state index contributed by atoms with van der Waals surface area (Å²) in [5, 5.41) is 9.82. The van der Waals surface area contributed by atoms with Gasteiger partial charge < -0.3 is 5.11 Å². The number of rotatable bonds is 2. The Bertz CT molecular complexity index is 602. The van der Waals surface area contributed by atoms with Gasteiger partial charge in [0.05, 0.1) is 11.1 Å². The van der Waals surface area contributed by atoms with Gasteiger partial charge in [-0.15, -0.1) is 11.8 Å². The Morgan fingerprint density at radius 3 is 2.67 bits per heavy atom. The number of fused-ring (bicyclic) bond motifs is 1. The van der Waals surface area contributed by atoms with Gasteiger partial charge in [-0.1, -0.05) is 32.9 Å². The smallest absolute Gasteiger partial charge is 0.337 e. The number of hydrogen-bond acceptors (Lipinski definition) is 3. The summed E-state index contributed by atoms with van der Waals surface area (Å²) in [7, 11) is 0. The van der Waals surface area contributed by atoms with Crippen molar-refractivity contribution in [1.82, 2.24) is 4.98 Å². The van der Waals surface area contributed by atoms with Crippen LogP contribution in [-0.2, 0) is 0 Å². The van der Waals surface area contributed by atoms with Gasteiger partial charge in [0.25, 0.3) is 0 Å². The fourth-order valence-corrected chi connectivity index (χ4v) is 2.74. The molecule has 2 aromatic rings. The Morgan fingerprint density at radius 2 is 2.06 bits per heavy atom. The molecule has 0 radical (unpaired) electrons. The molecule has 1 N–H and O–H groups in total. The van der Waals surface area contributed by atoms with E-state index in [-0.39, 0.29) is 10.3 Å². The third-order valence-corrected chi connectivity index (χ3v) is 3.50. The molecule has 3 nitrogen and oxygen atoms in total. The summed E-state index contributed by atoms with van der Waals surface area (Å²) in [5.74, 6) is -0.946. The maximum atomic E-state index is 10.9. The van der Waals surface area contributed by atoms with Gasteiger partial charge in [0.15, 0.2) is 0 Å². The van der Waals surface area contributed by atoms with E-state index >= 15 is 0 Å². The number of thioether (sulfide) groups is 1. The molecule has 0 saturated carbocycles. The molecule has 1 aromatic heterocycles. The molecule has 94 valence electrons. The molecule has 0 aliphatic heterocycles. The Balaban J connectivity index is 2.54. The molecule has 1 aromatic carbocycles. The summed E-state index contributed by atoms with van der Waals surface area (Å²) >= 11 is 1.73. The van der Waals surface area contributed by atoms with Gasteiger partial charge in [0.2, 0.25) is 0 Å². The van der Waals surface area contributed by atoms with Crippen molar-refractivity contribution in [2.75, 3.05) is 0 Å². The van der Waals surface area contributed by atoms with E-state index in [0.717, 1.165) is 15.8 Å². The number of carboxylic acid groups (broad SMARTS) is 1. The topological polar surface area (TPSA) is 50.2 Å². The lowest BCUT2D eigenvalue weighted by atomic mass is 10.1. The van der Waals surface area contributed by atoms with Crippen molar-refractivity contribution in [2.45, 2.75) is 30.4 Å². The first-order valence-corrected chi connectivity index (χ1v) is 6.49. The van der Waals surface area contributed by atoms with Crippen LogP contribution in [0.25, 0.3) is 10.9 Å². The van der Waals surface area contributed by atoms with E-state index in [1.165, 1.54) is 6.20 Å². The van der Waals surface area contributed by atoms with Crippen molar-refractivity contribution in [3.05, 3.63) is 36.0 Å². The zero-order chi connectivity index (χ0) is 13.3. The molecule has 0 unspecified atom stereocenters. The van der Waals surface area contributed by atoms with Gasteiger partial charge in [-0.05, 0) is 12.1 Å². The number of aromatic nitrogens is 1. The van der Waals surface area contributed by atoms with Gasteiger partial charge in [-0.25, -0.2) is 4.79 Å². The molecule has 4 heteroatoms. The fourth-order valence-electron chi connectivity index (χ4n) is 1.66. The number of aromatic carboxylic acids is 1. The SMILES string of the molecule is CC(C)(C)Sc1cccc2cc(C(=O)O)cnc12. The lowest BCUT2D eigenvalue weighted by molar-refractivity contribution is 0.0696. The third kappa shape index (κ3) is 2.82. The van der Waals surface area contributed by atoms with Crippen molar-refractivity contribution < 1.29 is 9.90 Å². The average molecular weight is 261 g/mol. The minimum Gasteiger partial charge on any atom is -0.478 e. The summed E-state index contributed by atoms with van der Waals surface area (Å²) in [4.78, 5) is 16.3. The van der Waals surface area contributed by atoms with Crippen LogP contribution in [0, 0.1) is 0 Å². The Morgan fingerprint density at radius 1 is 1.33 bits per heavy atom. The summed E-state index contributed by atoms with van der Waals surface area (Å²) < 4.78 is 0.0986. The summed E-state index contributed by atoms with van der Waals surface area (Å²) in [6.07, 6.45) is 1.41. The summed E-state index contributed by atoms with van der Waals surface area (Å²) in [6.45, 7) is 6.42. The van der Waals surface area contributed by atoms with Crippen LogP contribution in [0.4, 0.5) is 0 Å².